The summed E-state index contributed by atoms with van der Waals surface area (Å²) >= 11 is 3.17. The summed E-state index contributed by atoms with van der Waals surface area (Å²) in [7, 11) is 1.58. The van der Waals surface area contributed by atoms with Gasteiger partial charge in [0.05, 0.1) is 18.6 Å². The van der Waals surface area contributed by atoms with Crippen molar-refractivity contribution in [3.05, 3.63) is 97.5 Å². The summed E-state index contributed by atoms with van der Waals surface area (Å²) in [4.78, 5) is 27.0. The van der Waals surface area contributed by atoms with Crippen LogP contribution in [0.25, 0.3) is 6.08 Å². The van der Waals surface area contributed by atoms with Crippen LogP contribution in [0.1, 0.15) is 22.3 Å². The third-order valence-electron chi connectivity index (χ3n) is 5.09. The van der Waals surface area contributed by atoms with E-state index in [1.165, 1.54) is 10.5 Å². The summed E-state index contributed by atoms with van der Waals surface area (Å²) in [5, 5.41) is -0.269. The van der Waals surface area contributed by atoms with Gasteiger partial charge in [-0.2, -0.15) is 0 Å². The van der Waals surface area contributed by atoms with Gasteiger partial charge < -0.3 is 9.47 Å². The maximum atomic E-state index is 12.9. The normalized spacial score (nSPS) is 14.8. The second-order valence-corrected chi connectivity index (χ2v) is 9.82. The number of hydrogen-bond donors (Lipinski definition) is 0. The van der Waals surface area contributed by atoms with Crippen molar-refractivity contribution in [2.75, 3.05) is 7.11 Å². The second kappa shape index (κ2) is 10.4. The fourth-order valence-electron chi connectivity index (χ4n) is 3.42. The number of benzene rings is 3. The molecule has 0 aromatic heterocycles. The van der Waals surface area contributed by atoms with Gasteiger partial charge in [0.2, 0.25) is 0 Å². The van der Waals surface area contributed by atoms with E-state index in [1.54, 1.807) is 19.3 Å². The van der Waals surface area contributed by atoms with Crippen molar-refractivity contribution in [1.29, 1.82) is 0 Å². The van der Waals surface area contributed by atoms with E-state index in [1.807, 2.05) is 61.5 Å². The molecule has 5 nitrogen and oxygen atoms in total. The first-order valence-electron chi connectivity index (χ1n) is 10.3. The number of imide groups is 1. The van der Waals surface area contributed by atoms with Crippen molar-refractivity contribution >= 4 is 51.6 Å². The lowest BCUT2D eigenvalue weighted by molar-refractivity contribution is -0.123. The lowest BCUT2D eigenvalue weighted by atomic mass is 10.1. The third-order valence-corrected chi connectivity index (χ3v) is 6.72. The van der Waals surface area contributed by atoms with Gasteiger partial charge in [0, 0.05) is 3.57 Å². The highest BCUT2D eigenvalue weighted by Crippen LogP contribution is 2.35. The standard InChI is InChI=1S/C26H22INO4S/c1-17-4-3-5-20(12-17)16-32-22-11-8-19(13-23(22)31-2)14-24-25(29)28(26(30)33-24)15-18-6-9-21(27)10-7-18/h3-14H,15-16H2,1-2H3/b24-14-. The van der Waals surface area contributed by atoms with E-state index in [9.17, 15) is 9.59 Å². The topological polar surface area (TPSA) is 55.8 Å². The van der Waals surface area contributed by atoms with Crippen LogP contribution in [0.3, 0.4) is 0 Å². The van der Waals surface area contributed by atoms with E-state index in [0.29, 0.717) is 23.0 Å². The van der Waals surface area contributed by atoms with Gasteiger partial charge in [-0.15, -0.1) is 0 Å². The van der Waals surface area contributed by atoms with E-state index < -0.39 is 0 Å². The van der Waals surface area contributed by atoms with Crippen LogP contribution in [-0.4, -0.2) is 23.2 Å². The monoisotopic (exact) mass is 571 g/mol. The highest BCUT2D eigenvalue weighted by molar-refractivity contribution is 14.1. The van der Waals surface area contributed by atoms with Gasteiger partial charge in [-0.1, -0.05) is 48.0 Å². The number of rotatable bonds is 7. The molecule has 0 bridgehead atoms. The second-order valence-electron chi connectivity index (χ2n) is 7.58. The molecule has 168 valence electrons. The molecular formula is C26H22INO4S. The minimum absolute atomic E-state index is 0.258. The molecule has 3 aromatic rings. The zero-order chi connectivity index (χ0) is 23.4. The Balaban J connectivity index is 1.48. The number of carbonyl (C=O) groups excluding carboxylic acids is 2. The molecule has 1 heterocycles. The number of aryl methyl sites for hydroxylation is 1. The van der Waals surface area contributed by atoms with E-state index >= 15 is 0 Å². The average molecular weight is 571 g/mol. The summed E-state index contributed by atoms with van der Waals surface area (Å²) in [6, 6.07) is 21.4. The zero-order valence-electron chi connectivity index (χ0n) is 18.2. The largest absolute Gasteiger partial charge is 0.493 e. The molecule has 1 aliphatic heterocycles. The summed E-state index contributed by atoms with van der Waals surface area (Å²) in [6.07, 6.45) is 1.71. The van der Waals surface area contributed by atoms with Crippen molar-refractivity contribution in [2.45, 2.75) is 20.1 Å². The number of carbonyl (C=O) groups is 2. The molecule has 2 amide bonds. The Morgan fingerprint density at radius 3 is 2.48 bits per heavy atom. The smallest absolute Gasteiger partial charge is 0.293 e. The molecule has 7 heteroatoms. The Kier molecular flexibility index (Phi) is 7.39. The Hall–Kier alpha value is -2.78. The average Bonchev–Trinajstić information content (AvgIpc) is 3.06. The number of halogens is 1. The van der Waals surface area contributed by atoms with Crippen molar-refractivity contribution in [3.63, 3.8) is 0 Å². The number of thioether (sulfide) groups is 1. The lowest BCUT2D eigenvalue weighted by Crippen LogP contribution is -2.27. The van der Waals surface area contributed by atoms with Crippen LogP contribution >= 0.6 is 34.4 Å². The third kappa shape index (κ3) is 5.78. The minimum atomic E-state index is -0.290. The first kappa shape index (κ1) is 23.4. The first-order valence-corrected chi connectivity index (χ1v) is 12.2. The molecule has 0 N–H and O–H groups in total. The van der Waals surface area contributed by atoms with Gasteiger partial charge in [-0.05, 0) is 88.3 Å². The molecule has 4 rings (SSSR count). The van der Waals surface area contributed by atoms with Crippen LogP contribution in [0, 0.1) is 10.5 Å². The highest BCUT2D eigenvalue weighted by Gasteiger charge is 2.35. The first-order chi connectivity index (χ1) is 15.9. The van der Waals surface area contributed by atoms with Crippen LogP contribution in [0.5, 0.6) is 11.5 Å². The van der Waals surface area contributed by atoms with Gasteiger partial charge in [0.1, 0.15) is 6.61 Å². The van der Waals surface area contributed by atoms with E-state index in [2.05, 4.69) is 28.7 Å². The molecule has 0 aliphatic carbocycles. The maximum absolute atomic E-state index is 12.9. The van der Waals surface area contributed by atoms with Gasteiger partial charge in [-0.3, -0.25) is 14.5 Å². The molecule has 0 radical (unpaired) electrons. The molecule has 0 atom stereocenters. The molecule has 1 fully saturated rings. The Labute approximate surface area is 210 Å². The highest BCUT2D eigenvalue weighted by atomic mass is 127. The van der Waals surface area contributed by atoms with Crippen LogP contribution in [0.4, 0.5) is 4.79 Å². The summed E-state index contributed by atoms with van der Waals surface area (Å²) in [5.74, 6) is 0.889. The molecule has 33 heavy (non-hydrogen) atoms. The van der Waals surface area contributed by atoms with Gasteiger partial charge in [-0.25, -0.2) is 0 Å². The van der Waals surface area contributed by atoms with Crippen LogP contribution in [0.15, 0.2) is 71.6 Å². The van der Waals surface area contributed by atoms with Gasteiger partial charge >= 0.3 is 0 Å². The lowest BCUT2D eigenvalue weighted by Gasteiger charge is -2.13. The van der Waals surface area contributed by atoms with Crippen molar-refractivity contribution in [1.82, 2.24) is 4.90 Å². The fraction of sp³-hybridized carbons (Fsp3) is 0.154. The predicted octanol–water partition coefficient (Wildman–Crippen LogP) is 6.42. The van der Waals surface area contributed by atoms with Gasteiger partial charge in [0.25, 0.3) is 11.1 Å². The SMILES string of the molecule is COc1cc(/C=C2\SC(=O)N(Cc3ccc(I)cc3)C2=O)ccc1OCc1cccc(C)c1. The quantitative estimate of drug-likeness (QED) is 0.242. The number of nitrogens with zero attached hydrogens (tertiary/aromatic N) is 1. The molecule has 1 aliphatic rings. The maximum Gasteiger partial charge on any atom is 0.293 e. The Morgan fingerprint density at radius 1 is 0.970 bits per heavy atom. The van der Waals surface area contributed by atoms with Gasteiger partial charge in [0.15, 0.2) is 11.5 Å². The number of hydrogen-bond acceptors (Lipinski definition) is 5. The molecule has 0 saturated carbocycles. The van der Waals surface area contributed by atoms with E-state index in [4.69, 9.17) is 9.47 Å². The number of ether oxygens (including phenoxy) is 2. The summed E-state index contributed by atoms with van der Waals surface area (Å²) < 4.78 is 12.5. The van der Waals surface area contributed by atoms with Crippen molar-refractivity contribution in [2.24, 2.45) is 0 Å². The zero-order valence-corrected chi connectivity index (χ0v) is 21.2. The molecule has 0 spiro atoms. The van der Waals surface area contributed by atoms with Crippen LogP contribution < -0.4 is 9.47 Å². The van der Waals surface area contributed by atoms with Crippen molar-refractivity contribution in [3.8, 4) is 11.5 Å². The van der Waals surface area contributed by atoms with E-state index in [-0.39, 0.29) is 17.7 Å². The fourth-order valence-corrected chi connectivity index (χ4v) is 4.61. The predicted molar refractivity (Wildman–Crippen MR) is 139 cm³/mol. The van der Waals surface area contributed by atoms with Crippen LogP contribution in [-0.2, 0) is 17.9 Å². The number of amides is 2. The van der Waals surface area contributed by atoms with E-state index in [0.717, 1.165) is 32.0 Å². The minimum Gasteiger partial charge on any atom is -0.493 e. The molecule has 0 unspecified atom stereocenters. The van der Waals surface area contributed by atoms with Crippen LogP contribution in [0.2, 0.25) is 0 Å². The molecule has 3 aromatic carbocycles. The Bertz CT molecular complexity index is 1220. The summed E-state index contributed by atoms with van der Waals surface area (Å²) in [6.45, 7) is 2.73. The summed E-state index contributed by atoms with van der Waals surface area (Å²) in [5.41, 5.74) is 3.92. The van der Waals surface area contributed by atoms with Crippen molar-refractivity contribution < 1.29 is 19.1 Å². The Morgan fingerprint density at radius 2 is 1.76 bits per heavy atom. The number of methoxy groups -OCH3 is 1. The molecule has 1 saturated heterocycles. The molecular weight excluding hydrogens is 549 g/mol.